The summed E-state index contributed by atoms with van der Waals surface area (Å²) in [4.78, 5) is 13.1. The number of fused-ring (bicyclic) bond motifs is 2. The third-order valence-electron chi connectivity index (χ3n) is 5.61. The number of ether oxygens (including phenoxy) is 2. The molecule has 2 aliphatic heterocycles. The number of aromatic nitrogens is 2. The maximum Gasteiger partial charge on any atom is 0.410 e. The summed E-state index contributed by atoms with van der Waals surface area (Å²) in [6, 6.07) is 3.44. The number of carbonyl (C=O) groups is 1. The number of anilines is 2. The number of nitrogens with zero attached hydrogens (tertiary/aromatic N) is 2. The van der Waals surface area contributed by atoms with Crippen LogP contribution in [0.25, 0.3) is 0 Å². The number of alkyl halides is 3. The zero-order chi connectivity index (χ0) is 23.3. The molecule has 0 saturated heterocycles. The van der Waals surface area contributed by atoms with Crippen molar-refractivity contribution in [3.05, 3.63) is 53.6 Å². The predicted molar refractivity (Wildman–Crippen MR) is 108 cm³/mol. The van der Waals surface area contributed by atoms with Crippen molar-refractivity contribution in [1.29, 1.82) is 0 Å². The molecule has 0 aliphatic carbocycles. The highest BCUT2D eigenvalue weighted by Crippen LogP contribution is 2.45. The van der Waals surface area contributed by atoms with Gasteiger partial charge in [-0.05, 0) is 25.1 Å². The summed E-state index contributed by atoms with van der Waals surface area (Å²) in [5.74, 6) is 0.324. The Hall–Kier alpha value is -3.67. The summed E-state index contributed by atoms with van der Waals surface area (Å²) in [6.45, 7) is 1.51. The van der Waals surface area contributed by atoms with Crippen molar-refractivity contribution in [1.82, 2.24) is 9.78 Å². The fourth-order valence-electron chi connectivity index (χ4n) is 4.01. The SMILES string of the molecule is C[C@H](O)c1cc2c(cc1NC(=O)c1cnn3c1N[C@H](c1ccco1)C[C@H]3C(F)(F)F)OCO2. The zero-order valence-corrected chi connectivity index (χ0v) is 17.2. The van der Waals surface area contributed by atoms with Crippen LogP contribution in [0.15, 0.2) is 41.1 Å². The Morgan fingerprint density at radius 2 is 2.09 bits per heavy atom. The maximum atomic E-state index is 13.8. The fourth-order valence-corrected chi connectivity index (χ4v) is 4.01. The van der Waals surface area contributed by atoms with Crippen LogP contribution in [0, 0.1) is 0 Å². The quantitative estimate of drug-likeness (QED) is 0.532. The Labute approximate surface area is 185 Å². The number of rotatable bonds is 4. The largest absolute Gasteiger partial charge is 0.467 e. The van der Waals surface area contributed by atoms with Crippen LogP contribution >= 0.6 is 0 Å². The Morgan fingerprint density at radius 1 is 1.33 bits per heavy atom. The van der Waals surface area contributed by atoms with Gasteiger partial charge in [0, 0.05) is 18.1 Å². The first-order valence-electron chi connectivity index (χ1n) is 10.1. The molecule has 4 heterocycles. The molecule has 33 heavy (non-hydrogen) atoms. The highest BCUT2D eigenvalue weighted by molar-refractivity contribution is 6.08. The molecule has 12 heteroatoms. The lowest BCUT2D eigenvalue weighted by Crippen LogP contribution is -2.36. The predicted octanol–water partition coefficient (Wildman–Crippen LogP) is 4.17. The molecule has 3 N–H and O–H groups in total. The summed E-state index contributed by atoms with van der Waals surface area (Å²) in [6.07, 6.45) is -3.43. The molecule has 0 radical (unpaired) electrons. The summed E-state index contributed by atoms with van der Waals surface area (Å²) >= 11 is 0. The summed E-state index contributed by atoms with van der Waals surface area (Å²) < 4.78 is 58.0. The van der Waals surface area contributed by atoms with Gasteiger partial charge < -0.3 is 29.6 Å². The first-order chi connectivity index (χ1) is 15.7. The van der Waals surface area contributed by atoms with E-state index in [4.69, 9.17) is 13.9 Å². The van der Waals surface area contributed by atoms with Gasteiger partial charge in [0.05, 0.1) is 30.3 Å². The number of aliphatic hydroxyl groups is 1. The normalized spacial score (nSPS) is 20.2. The number of carbonyl (C=O) groups excluding carboxylic acids is 1. The topological polar surface area (TPSA) is 111 Å². The maximum absolute atomic E-state index is 13.8. The van der Waals surface area contributed by atoms with E-state index < -0.39 is 30.3 Å². The van der Waals surface area contributed by atoms with Gasteiger partial charge in [0.25, 0.3) is 5.91 Å². The standard InChI is InChI=1S/C21H19F3N4O5/c1-10(29)11-5-16-17(33-9-32-16)6-13(11)27-20(30)12-8-25-28-18(21(22,23)24)7-14(26-19(12)28)15-3-2-4-31-15/h2-6,8,10,14,18,26,29H,7,9H2,1H3,(H,27,30)/t10-,14-,18-/m0/s1. The second kappa shape index (κ2) is 7.73. The summed E-state index contributed by atoms with van der Waals surface area (Å²) in [5, 5.41) is 19.6. The van der Waals surface area contributed by atoms with Crippen LogP contribution in [-0.2, 0) is 0 Å². The fraction of sp³-hybridized carbons (Fsp3) is 0.333. The van der Waals surface area contributed by atoms with Crippen LogP contribution < -0.4 is 20.1 Å². The number of halogens is 3. The van der Waals surface area contributed by atoms with Gasteiger partial charge in [-0.2, -0.15) is 18.3 Å². The third-order valence-corrected chi connectivity index (χ3v) is 5.61. The van der Waals surface area contributed by atoms with E-state index in [2.05, 4.69) is 15.7 Å². The van der Waals surface area contributed by atoms with E-state index in [0.29, 0.717) is 22.8 Å². The number of furan rings is 1. The van der Waals surface area contributed by atoms with Crippen LogP contribution in [0.2, 0.25) is 0 Å². The molecule has 5 rings (SSSR count). The van der Waals surface area contributed by atoms with E-state index in [0.717, 1.165) is 10.9 Å². The molecule has 1 aromatic carbocycles. The summed E-state index contributed by atoms with van der Waals surface area (Å²) in [7, 11) is 0. The minimum atomic E-state index is -4.59. The van der Waals surface area contributed by atoms with Crippen molar-refractivity contribution in [2.45, 2.75) is 37.7 Å². The first kappa shape index (κ1) is 21.2. The molecule has 0 bridgehead atoms. The van der Waals surface area contributed by atoms with Crippen molar-refractivity contribution >= 4 is 17.4 Å². The van der Waals surface area contributed by atoms with E-state index in [1.54, 1.807) is 18.2 Å². The molecule has 0 spiro atoms. The van der Waals surface area contributed by atoms with Crippen molar-refractivity contribution in [3.8, 4) is 11.5 Å². The molecule has 3 atom stereocenters. The number of hydrogen-bond donors (Lipinski definition) is 3. The first-order valence-corrected chi connectivity index (χ1v) is 10.1. The molecule has 9 nitrogen and oxygen atoms in total. The van der Waals surface area contributed by atoms with Gasteiger partial charge in [-0.15, -0.1) is 0 Å². The Kier molecular flexibility index (Phi) is 4.96. The lowest BCUT2D eigenvalue weighted by molar-refractivity contribution is -0.174. The monoisotopic (exact) mass is 464 g/mol. The minimum Gasteiger partial charge on any atom is -0.467 e. The number of benzene rings is 1. The van der Waals surface area contributed by atoms with E-state index >= 15 is 0 Å². The molecule has 3 aromatic rings. The van der Waals surface area contributed by atoms with Gasteiger partial charge in [-0.1, -0.05) is 0 Å². The highest BCUT2D eigenvalue weighted by Gasteiger charge is 2.47. The van der Waals surface area contributed by atoms with Crippen LogP contribution in [0.3, 0.4) is 0 Å². The average Bonchev–Trinajstić information content (AvgIpc) is 3.50. The van der Waals surface area contributed by atoms with Crippen LogP contribution in [0.4, 0.5) is 24.7 Å². The van der Waals surface area contributed by atoms with Crippen molar-refractivity contribution in [3.63, 3.8) is 0 Å². The van der Waals surface area contributed by atoms with Gasteiger partial charge in [-0.25, -0.2) is 4.68 Å². The van der Waals surface area contributed by atoms with Gasteiger partial charge in [0.1, 0.15) is 17.1 Å². The molecular formula is C21H19F3N4O5. The molecule has 0 unspecified atom stereocenters. The van der Waals surface area contributed by atoms with Gasteiger partial charge in [0.15, 0.2) is 17.5 Å². The number of aliphatic hydroxyl groups excluding tert-OH is 1. The molecule has 174 valence electrons. The number of hydrogen-bond acceptors (Lipinski definition) is 7. The number of amides is 1. The minimum absolute atomic E-state index is 0.000179. The van der Waals surface area contributed by atoms with E-state index in [1.807, 2.05) is 0 Å². The van der Waals surface area contributed by atoms with Crippen molar-refractivity contribution in [2.75, 3.05) is 17.4 Å². The molecule has 2 aromatic heterocycles. The Bertz CT molecular complexity index is 1190. The second-order valence-electron chi connectivity index (χ2n) is 7.78. The van der Waals surface area contributed by atoms with Gasteiger partial charge in [0.2, 0.25) is 6.79 Å². The van der Waals surface area contributed by atoms with Crippen LogP contribution in [-0.4, -0.2) is 33.8 Å². The Balaban J connectivity index is 1.50. The molecule has 1 amide bonds. The van der Waals surface area contributed by atoms with Crippen molar-refractivity contribution in [2.24, 2.45) is 0 Å². The van der Waals surface area contributed by atoms with E-state index in [-0.39, 0.29) is 30.3 Å². The lowest BCUT2D eigenvalue weighted by Gasteiger charge is -2.32. The number of nitrogens with one attached hydrogen (secondary N) is 2. The zero-order valence-electron chi connectivity index (χ0n) is 17.2. The van der Waals surface area contributed by atoms with Crippen molar-refractivity contribution < 1.29 is 37.0 Å². The smallest absolute Gasteiger partial charge is 0.410 e. The van der Waals surface area contributed by atoms with Gasteiger partial charge in [-0.3, -0.25) is 4.79 Å². The molecular weight excluding hydrogens is 445 g/mol. The molecule has 0 saturated carbocycles. The third kappa shape index (κ3) is 3.75. The van der Waals surface area contributed by atoms with Crippen LogP contribution in [0.1, 0.15) is 53.2 Å². The average molecular weight is 464 g/mol. The van der Waals surface area contributed by atoms with Crippen LogP contribution in [0.5, 0.6) is 11.5 Å². The molecule has 2 aliphatic rings. The van der Waals surface area contributed by atoms with Gasteiger partial charge >= 0.3 is 6.18 Å². The highest BCUT2D eigenvalue weighted by atomic mass is 19.4. The second-order valence-corrected chi connectivity index (χ2v) is 7.78. The summed E-state index contributed by atoms with van der Waals surface area (Å²) in [5.41, 5.74) is 0.517. The molecule has 0 fully saturated rings. The Morgan fingerprint density at radius 3 is 2.76 bits per heavy atom. The lowest BCUT2D eigenvalue weighted by atomic mass is 10.0. The van der Waals surface area contributed by atoms with E-state index in [9.17, 15) is 23.1 Å². The van der Waals surface area contributed by atoms with E-state index in [1.165, 1.54) is 19.3 Å².